The zero-order chi connectivity index (χ0) is 17.2. The lowest BCUT2D eigenvalue weighted by Crippen LogP contribution is -2.43. The quantitative estimate of drug-likeness (QED) is 0.839. The first-order chi connectivity index (χ1) is 12.2. The number of hydrogen-bond donors (Lipinski definition) is 0. The van der Waals surface area contributed by atoms with Gasteiger partial charge >= 0.3 is 0 Å². The second-order valence-corrected chi connectivity index (χ2v) is 7.91. The molecular weight excluding hydrogens is 310 g/mol. The van der Waals surface area contributed by atoms with Gasteiger partial charge in [0.2, 0.25) is 0 Å². The molecule has 1 aliphatic carbocycles. The Kier molecular flexibility index (Phi) is 4.86. The number of aromatic nitrogens is 3. The third-order valence-electron chi connectivity index (χ3n) is 6.02. The average molecular weight is 339 g/mol. The van der Waals surface area contributed by atoms with Gasteiger partial charge in [-0.3, -0.25) is 19.5 Å². The summed E-state index contributed by atoms with van der Waals surface area (Å²) in [6, 6.07) is 4.92. The molecule has 1 aliphatic heterocycles. The van der Waals surface area contributed by atoms with Crippen LogP contribution in [0.4, 0.5) is 0 Å². The van der Waals surface area contributed by atoms with Crippen LogP contribution in [0.15, 0.2) is 36.9 Å². The first kappa shape index (κ1) is 16.7. The lowest BCUT2D eigenvalue weighted by molar-refractivity contribution is 0.105. The van der Waals surface area contributed by atoms with Crippen LogP contribution in [0.5, 0.6) is 0 Å². The summed E-state index contributed by atoms with van der Waals surface area (Å²) in [5.41, 5.74) is 2.65. The zero-order valence-corrected chi connectivity index (χ0v) is 15.4. The van der Waals surface area contributed by atoms with Gasteiger partial charge < -0.3 is 0 Å². The highest BCUT2D eigenvalue weighted by Gasteiger charge is 2.41. The van der Waals surface area contributed by atoms with Crippen molar-refractivity contribution < 1.29 is 0 Å². The summed E-state index contributed by atoms with van der Waals surface area (Å²) in [4.78, 5) is 9.48. The molecule has 0 unspecified atom stereocenters. The van der Waals surface area contributed by atoms with Gasteiger partial charge in [0.1, 0.15) is 0 Å². The zero-order valence-electron chi connectivity index (χ0n) is 15.4. The molecular formula is C20H29N5. The van der Waals surface area contributed by atoms with E-state index in [0.29, 0.717) is 6.04 Å². The summed E-state index contributed by atoms with van der Waals surface area (Å²) in [5, 5.41) is 4.32. The molecule has 0 N–H and O–H groups in total. The van der Waals surface area contributed by atoms with Gasteiger partial charge in [-0.25, -0.2) is 0 Å². The molecule has 3 atom stereocenters. The summed E-state index contributed by atoms with van der Waals surface area (Å²) < 4.78 is 1.91. The van der Waals surface area contributed by atoms with E-state index in [-0.39, 0.29) is 0 Å². The Labute approximate surface area is 150 Å². The maximum absolute atomic E-state index is 4.32. The van der Waals surface area contributed by atoms with Crippen molar-refractivity contribution in [2.75, 3.05) is 20.1 Å². The molecule has 2 aromatic heterocycles. The molecule has 2 fully saturated rings. The molecule has 1 saturated carbocycles. The van der Waals surface area contributed by atoms with Crippen molar-refractivity contribution in [3.05, 3.63) is 48.0 Å². The number of likely N-dealkylation sites (tertiary alicyclic amines) is 1. The Hall–Kier alpha value is -1.72. The van der Waals surface area contributed by atoms with Crippen LogP contribution in [-0.2, 0) is 20.1 Å². The van der Waals surface area contributed by atoms with E-state index in [0.717, 1.165) is 24.9 Å². The van der Waals surface area contributed by atoms with Crippen LogP contribution < -0.4 is 0 Å². The second kappa shape index (κ2) is 7.26. The lowest BCUT2D eigenvalue weighted by atomic mass is 9.77. The van der Waals surface area contributed by atoms with E-state index in [2.05, 4.69) is 39.2 Å². The molecule has 25 heavy (non-hydrogen) atoms. The number of rotatable bonds is 5. The molecule has 1 saturated heterocycles. The van der Waals surface area contributed by atoms with Gasteiger partial charge in [-0.05, 0) is 43.4 Å². The van der Waals surface area contributed by atoms with Crippen molar-refractivity contribution in [1.29, 1.82) is 0 Å². The minimum absolute atomic E-state index is 0.692. The predicted octanol–water partition coefficient (Wildman–Crippen LogP) is 2.55. The lowest BCUT2D eigenvalue weighted by Gasteiger charge is -2.39. The van der Waals surface area contributed by atoms with Crippen molar-refractivity contribution in [2.45, 2.75) is 38.4 Å². The number of hydrogen-bond acceptors (Lipinski definition) is 4. The monoisotopic (exact) mass is 339 g/mol. The number of pyridine rings is 1. The molecule has 0 bridgehead atoms. The van der Waals surface area contributed by atoms with E-state index in [1.807, 2.05) is 36.4 Å². The Morgan fingerprint density at radius 2 is 2.12 bits per heavy atom. The second-order valence-electron chi connectivity index (χ2n) is 7.91. The maximum Gasteiger partial charge on any atom is 0.0534 e. The fourth-order valence-corrected chi connectivity index (χ4v) is 4.92. The molecule has 0 amide bonds. The molecule has 4 rings (SSSR count). The highest BCUT2D eigenvalue weighted by Crippen LogP contribution is 2.39. The van der Waals surface area contributed by atoms with Gasteiger partial charge in [0, 0.05) is 63.4 Å². The van der Waals surface area contributed by atoms with E-state index in [1.165, 1.54) is 43.5 Å². The average Bonchev–Trinajstić information content (AvgIpc) is 3.21. The summed E-state index contributed by atoms with van der Waals surface area (Å²) >= 11 is 0. The molecule has 5 nitrogen and oxygen atoms in total. The van der Waals surface area contributed by atoms with Crippen molar-refractivity contribution in [1.82, 2.24) is 24.6 Å². The van der Waals surface area contributed by atoms with Crippen LogP contribution in [0.3, 0.4) is 0 Å². The van der Waals surface area contributed by atoms with Crippen LogP contribution in [0, 0.1) is 11.8 Å². The molecule has 0 spiro atoms. The third-order valence-corrected chi connectivity index (χ3v) is 6.02. The first-order valence-electron chi connectivity index (χ1n) is 9.48. The van der Waals surface area contributed by atoms with Crippen LogP contribution in [0.2, 0.25) is 0 Å². The van der Waals surface area contributed by atoms with Crippen LogP contribution in [0.25, 0.3) is 0 Å². The van der Waals surface area contributed by atoms with Crippen molar-refractivity contribution in [2.24, 2.45) is 18.9 Å². The number of nitrogens with zero attached hydrogens (tertiary/aromatic N) is 5. The topological polar surface area (TPSA) is 37.2 Å². The summed E-state index contributed by atoms with van der Waals surface area (Å²) in [5.74, 6) is 1.65. The molecule has 2 aliphatic rings. The highest BCUT2D eigenvalue weighted by atomic mass is 15.3. The molecule has 0 radical (unpaired) electrons. The number of fused-ring (bicyclic) bond motifs is 1. The van der Waals surface area contributed by atoms with Crippen LogP contribution >= 0.6 is 0 Å². The molecule has 3 heterocycles. The summed E-state index contributed by atoms with van der Waals surface area (Å²) in [6.07, 6.45) is 12.1. The van der Waals surface area contributed by atoms with E-state index in [1.54, 1.807) is 0 Å². The van der Waals surface area contributed by atoms with Gasteiger partial charge in [-0.1, -0.05) is 12.5 Å². The van der Waals surface area contributed by atoms with E-state index in [4.69, 9.17) is 0 Å². The normalized spacial score (nSPS) is 26.9. The largest absolute Gasteiger partial charge is 0.299 e. The summed E-state index contributed by atoms with van der Waals surface area (Å²) in [6.45, 7) is 4.52. The Morgan fingerprint density at radius 3 is 2.88 bits per heavy atom. The third kappa shape index (κ3) is 3.77. The first-order valence-corrected chi connectivity index (χ1v) is 9.48. The van der Waals surface area contributed by atoms with Gasteiger partial charge in [0.15, 0.2) is 0 Å². The van der Waals surface area contributed by atoms with Gasteiger partial charge in [0.05, 0.1) is 6.20 Å². The predicted molar refractivity (Wildman–Crippen MR) is 98.8 cm³/mol. The minimum Gasteiger partial charge on any atom is -0.299 e. The van der Waals surface area contributed by atoms with Gasteiger partial charge in [0.25, 0.3) is 0 Å². The molecule has 134 valence electrons. The standard InChI is InChI=1S/C20H29N5/c1-23(11-16-5-4-8-21-9-16)20-7-3-6-18-14-25(15-19(18)20)13-17-10-22-24(2)12-17/h4-5,8-10,12,18-20H,3,6-7,11,13-15H2,1-2H3/t18-,19+,20-/m1/s1. The molecule has 0 aromatic carbocycles. The SMILES string of the molecule is CN(Cc1cccnc1)[C@@H]1CCC[C@@H]2CN(Cc3cnn(C)c3)C[C@@H]21. The minimum atomic E-state index is 0.692. The number of aryl methyl sites for hydroxylation is 1. The van der Waals surface area contributed by atoms with E-state index >= 15 is 0 Å². The maximum atomic E-state index is 4.32. The highest BCUT2D eigenvalue weighted by molar-refractivity contribution is 5.09. The van der Waals surface area contributed by atoms with Crippen LogP contribution in [0.1, 0.15) is 30.4 Å². The van der Waals surface area contributed by atoms with Crippen molar-refractivity contribution in [3.63, 3.8) is 0 Å². The smallest absolute Gasteiger partial charge is 0.0534 e. The van der Waals surface area contributed by atoms with Gasteiger partial charge in [-0.2, -0.15) is 5.10 Å². The van der Waals surface area contributed by atoms with Crippen molar-refractivity contribution in [3.8, 4) is 0 Å². The van der Waals surface area contributed by atoms with Gasteiger partial charge in [-0.15, -0.1) is 0 Å². The molecule has 5 heteroatoms. The van der Waals surface area contributed by atoms with Crippen LogP contribution in [-0.4, -0.2) is 50.7 Å². The Bertz CT molecular complexity index is 682. The van der Waals surface area contributed by atoms with E-state index < -0.39 is 0 Å². The Balaban J connectivity index is 1.40. The van der Waals surface area contributed by atoms with E-state index in [9.17, 15) is 0 Å². The van der Waals surface area contributed by atoms with Crippen molar-refractivity contribution >= 4 is 0 Å². The molecule has 2 aromatic rings. The fourth-order valence-electron chi connectivity index (χ4n) is 4.92. The summed E-state index contributed by atoms with van der Waals surface area (Å²) in [7, 11) is 4.29. The fraction of sp³-hybridized carbons (Fsp3) is 0.600. The Morgan fingerprint density at radius 1 is 1.20 bits per heavy atom.